The van der Waals surface area contributed by atoms with Crippen molar-refractivity contribution in [2.45, 2.75) is 32.7 Å². The molecule has 0 unspecified atom stereocenters. The molecule has 0 aliphatic carbocycles. The molecular formula is C12H15ClFNO. The van der Waals surface area contributed by atoms with E-state index in [0.29, 0.717) is 0 Å². The van der Waals surface area contributed by atoms with Gasteiger partial charge < -0.3 is 5.32 Å². The van der Waals surface area contributed by atoms with Gasteiger partial charge in [0, 0.05) is 11.1 Å². The molecule has 0 aliphatic heterocycles. The molecule has 0 spiro atoms. The van der Waals surface area contributed by atoms with Crippen molar-refractivity contribution in [1.82, 2.24) is 5.32 Å². The zero-order valence-corrected chi connectivity index (χ0v) is 10.1. The first kappa shape index (κ1) is 13.0. The van der Waals surface area contributed by atoms with Gasteiger partial charge in [-0.1, -0.05) is 24.9 Å². The van der Waals surface area contributed by atoms with E-state index in [1.165, 1.54) is 12.1 Å². The lowest BCUT2D eigenvalue weighted by atomic mass is 10.1. The molecule has 1 aromatic rings. The average Bonchev–Trinajstić information content (AvgIpc) is 2.17. The minimum Gasteiger partial charge on any atom is -0.349 e. The first-order valence-corrected chi connectivity index (χ1v) is 5.68. The number of rotatable bonds is 4. The van der Waals surface area contributed by atoms with Crippen molar-refractivity contribution in [3.63, 3.8) is 0 Å². The van der Waals surface area contributed by atoms with E-state index >= 15 is 0 Å². The van der Waals surface area contributed by atoms with E-state index in [2.05, 4.69) is 5.32 Å². The van der Waals surface area contributed by atoms with Crippen LogP contribution in [0, 0.1) is 5.82 Å². The molecule has 1 amide bonds. The Balaban J connectivity index is 2.73. The molecule has 1 N–H and O–H groups in total. The molecular weight excluding hydrogens is 229 g/mol. The second-order valence-electron chi connectivity index (χ2n) is 3.79. The van der Waals surface area contributed by atoms with Crippen molar-refractivity contribution in [2.24, 2.45) is 0 Å². The van der Waals surface area contributed by atoms with Gasteiger partial charge in [-0.2, -0.15) is 0 Å². The van der Waals surface area contributed by atoms with Gasteiger partial charge in [-0.15, -0.1) is 0 Å². The van der Waals surface area contributed by atoms with Crippen LogP contribution in [0.2, 0.25) is 5.02 Å². The Morgan fingerprint density at radius 3 is 2.81 bits per heavy atom. The van der Waals surface area contributed by atoms with Crippen LogP contribution in [0.25, 0.3) is 0 Å². The number of hydrogen-bond donors (Lipinski definition) is 1. The van der Waals surface area contributed by atoms with E-state index in [0.717, 1.165) is 18.9 Å². The molecule has 1 aromatic carbocycles. The summed E-state index contributed by atoms with van der Waals surface area (Å²) in [7, 11) is 0. The largest absolute Gasteiger partial charge is 0.349 e. The standard InChI is InChI=1S/C12H15ClFNO/c1-3-4-8(2)15-12(16)10-6-5-9(13)7-11(10)14/h5-8H,3-4H2,1-2H3,(H,15,16)/t8-/m1/s1. The van der Waals surface area contributed by atoms with Crippen molar-refractivity contribution in [3.05, 3.63) is 34.6 Å². The quantitative estimate of drug-likeness (QED) is 0.863. The van der Waals surface area contributed by atoms with Crippen LogP contribution in [0.5, 0.6) is 0 Å². The van der Waals surface area contributed by atoms with E-state index in [1.807, 2.05) is 13.8 Å². The molecule has 2 nitrogen and oxygen atoms in total. The average molecular weight is 244 g/mol. The van der Waals surface area contributed by atoms with Crippen molar-refractivity contribution in [3.8, 4) is 0 Å². The van der Waals surface area contributed by atoms with Gasteiger partial charge in [0.1, 0.15) is 5.82 Å². The fourth-order valence-corrected chi connectivity index (χ4v) is 1.64. The number of carbonyl (C=O) groups excluding carboxylic acids is 1. The highest BCUT2D eigenvalue weighted by Crippen LogP contribution is 2.14. The molecule has 0 aromatic heterocycles. The Morgan fingerprint density at radius 1 is 1.56 bits per heavy atom. The second kappa shape index (κ2) is 5.85. The summed E-state index contributed by atoms with van der Waals surface area (Å²) in [6.45, 7) is 3.93. The van der Waals surface area contributed by atoms with Crippen LogP contribution >= 0.6 is 11.6 Å². The zero-order valence-electron chi connectivity index (χ0n) is 9.39. The van der Waals surface area contributed by atoms with E-state index in [-0.39, 0.29) is 16.6 Å². The third kappa shape index (κ3) is 3.49. The van der Waals surface area contributed by atoms with Gasteiger partial charge in [-0.05, 0) is 31.5 Å². The molecule has 88 valence electrons. The number of amides is 1. The molecule has 0 heterocycles. The first-order chi connectivity index (χ1) is 7.54. The van der Waals surface area contributed by atoms with Crippen LogP contribution in [0.3, 0.4) is 0 Å². The maximum absolute atomic E-state index is 13.4. The second-order valence-corrected chi connectivity index (χ2v) is 4.22. The topological polar surface area (TPSA) is 29.1 Å². The third-order valence-electron chi connectivity index (χ3n) is 2.27. The Kier molecular flexibility index (Phi) is 4.74. The van der Waals surface area contributed by atoms with Crippen LogP contribution in [0.1, 0.15) is 37.0 Å². The van der Waals surface area contributed by atoms with E-state index in [4.69, 9.17) is 11.6 Å². The summed E-state index contributed by atoms with van der Waals surface area (Å²) in [5.41, 5.74) is 0.0346. The van der Waals surface area contributed by atoms with E-state index < -0.39 is 11.7 Å². The number of carbonyl (C=O) groups is 1. The maximum atomic E-state index is 13.4. The summed E-state index contributed by atoms with van der Waals surface area (Å²) in [5.74, 6) is -0.983. The lowest BCUT2D eigenvalue weighted by molar-refractivity contribution is 0.0934. The summed E-state index contributed by atoms with van der Waals surface area (Å²) in [6.07, 6.45) is 1.85. The lowest BCUT2D eigenvalue weighted by Gasteiger charge is -2.13. The molecule has 0 saturated heterocycles. The molecule has 16 heavy (non-hydrogen) atoms. The third-order valence-corrected chi connectivity index (χ3v) is 2.51. The van der Waals surface area contributed by atoms with E-state index in [1.54, 1.807) is 0 Å². The van der Waals surface area contributed by atoms with Gasteiger partial charge in [0.25, 0.3) is 5.91 Å². The fourth-order valence-electron chi connectivity index (χ4n) is 1.48. The monoisotopic (exact) mass is 243 g/mol. The highest BCUT2D eigenvalue weighted by Gasteiger charge is 2.13. The molecule has 1 rings (SSSR count). The summed E-state index contributed by atoms with van der Waals surface area (Å²) < 4.78 is 13.4. The van der Waals surface area contributed by atoms with Gasteiger partial charge in [0.15, 0.2) is 0 Å². The summed E-state index contributed by atoms with van der Waals surface area (Å²) in [5, 5.41) is 3.02. The Morgan fingerprint density at radius 2 is 2.25 bits per heavy atom. The number of halogens is 2. The van der Waals surface area contributed by atoms with Crippen molar-refractivity contribution < 1.29 is 9.18 Å². The summed E-state index contributed by atoms with van der Waals surface area (Å²) in [6, 6.07) is 4.09. The SMILES string of the molecule is CCC[C@@H](C)NC(=O)c1ccc(Cl)cc1F. The van der Waals surface area contributed by atoms with E-state index in [9.17, 15) is 9.18 Å². The molecule has 0 aliphatic rings. The van der Waals surface area contributed by atoms with Crippen LogP contribution in [0.4, 0.5) is 4.39 Å². The predicted octanol–water partition coefficient (Wildman–Crippen LogP) is 3.40. The predicted molar refractivity (Wildman–Crippen MR) is 63.2 cm³/mol. The van der Waals surface area contributed by atoms with Gasteiger partial charge in [0.05, 0.1) is 5.56 Å². The van der Waals surface area contributed by atoms with Crippen LogP contribution in [-0.4, -0.2) is 11.9 Å². The number of benzene rings is 1. The minimum absolute atomic E-state index is 0.0346. The first-order valence-electron chi connectivity index (χ1n) is 5.30. The Hall–Kier alpha value is -1.09. The van der Waals surface area contributed by atoms with Gasteiger partial charge in [-0.3, -0.25) is 4.79 Å². The smallest absolute Gasteiger partial charge is 0.254 e. The van der Waals surface area contributed by atoms with Gasteiger partial charge in [-0.25, -0.2) is 4.39 Å². The van der Waals surface area contributed by atoms with Gasteiger partial charge >= 0.3 is 0 Å². The molecule has 0 bridgehead atoms. The highest BCUT2D eigenvalue weighted by molar-refractivity contribution is 6.30. The normalized spacial score (nSPS) is 12.2. The highest BCUT2D eigenvalue weighted by atomic mass is 35.5. The van der Waals surface area contributed by atoms with Crippen molar-refractivity contribution in [1.29, 1.82) is 0 Å². The lowest BCUT2D eigenvalue weighted by Crippen LogP contribution is -2.32. The van der Waals surface area contributed by atoms with Crippen LogP contribution < -0.4 is 5.32 Å². The minimum atomic E-state index is -0.589. The fraction of sp³-hybridized carbons (Fsp3) is 0.417. The zero-order chi connectivity index (χ0) is 12.1. The van der Waals surface area contributed by atoms with Gasteiger partial charge in [0.2, 0.25) is 0 Å². The van der Waals surface area contributed by atoms with Crippen molar-refractivity contribution in [2.75, 3.05) is 0 Å². The molecule has 1 atom stereocenters. The molecule has 0 saturated carbocycles. The maximum Gasteiger partial charge on any atom is 0.254 e. The Bertz CT molecular complexity index is 381. The van der Waals surface area contributed by atoms with Crippen LogP contribution in [-0.2, 0) is 0 Å². The summed E-state index contributed by atoms with van der Waals surface area (Å²) in [4.78, 5) is 11.7. The number of hydrogen-bond acceptors (Lipinski definition) is 1. The van der Waals surface area contributed by atoms with Crippen LogP contribution in [0.15, 0.2) is 18.2 Å². The van der Waals surface area contributed by atoms with Crippen molar-refractivity contribution >= 4 is 17.5 Å². The molecule has 0 fully saturated rings. The summed E-state index contributed by atoms with van der Waals surface area (Å²) >= 11 is 5.61. The molecule has 4 heteroatoms. The molecule has 0 radical (unpaired) electrons. The Labute approximate surface area is 99.8 Å². The number of nitrogens with one attached hydrogen (secondary N) is 1.